The van der Waals surface area contributed by atoms with Gasteiger partial charge in [-0.1, -0.05) is 36.8 Å². The third kappa shape index (κ3) is 6.75. The zero-order valence-electron chi connectivity index (χ0n) is 11.3. The van der Waals surface area contributed by atoms with Gasteiger partial charge in [0.2, 0.25) is 0 Å². The predicted octanol–water partition coefficient (Wildman–Crippen LogP) is 4.01. The molecule has 1 aromatic rings. The number of nitrogens with one attached hydrogen (secondary N) is 1. The molecule has 0 bridgehead atoms. The van der Waals surface area contributed by atoms with Crippen molar-refractivity contribution < 1.29 is 0 Å². The van der Waals surface area contributed by atoms with E-state index in [0.717, 1.165) is 12.3 Å². The van der Waals surface area contributed by atoms with Crippen LogP contribution in [0, 0.1) is 6.92 Å². The fourth-order valence-electron chi connectivity index (χ4n) is 1.93. The molecule has 1 atom stereocenters. The van der Waals surface area contributed by atoms with E-state index >= 15 is 0 Å². The minimum absolute atomic E-state index is 0.666. The lowest BCUT2D eigenvalue weighted by Crippen LogP contribution is -2.25. The van der Waals surface area contributed by atoms with Crippen molar-refractivity contribution in [2.75, 3.05) is 12.3 Å². The Morgan fingerprint density at radius 2 is 2.18 bits per heavy atom. The van der Waals surface area contributed by atoms with Gasteiger partial charge in [-0.15, -0.1) is 0 Å². The van der Waals surface area contributed by atoms with Gasteiger partial charge in [0.25, 0.3) is 0 Å². The Labute approximate surface area is 110 Å². The molecule has 1 nitrogen and oxygen atoms in total. The van der Waals surface area contributed by atoms with Gasteiger partial charge >= 0.3 is 0 Å². The molecule has 17 heavy (non-hydrogen) atoms. The number of aryl methyl sites for hydroxylation is 1. The van der Waals surface area contributed by atoms with Crippen molar-refractivity contribution in [3.05, 3.63) is 35.4 Å². The Hall–Kier alpha value is -0.470. The van der Waals surface area contributed by atoms with Crippen molar-refractivity contribution in [2.24, 2.45) is 0 Å². The SMILES string of the molecule is CCNC(C)CCCSCc1cccc(C)c1. The minimum Gasteiger partial charge on any atom is -0.315 e. The molecule has 0 aromatic heterocycles. The van der Waals surface area contributed by atoms with Crippen LogP contribution in [0.15, 0.2) is 24.3 Å². The van der Waals surface area contributed by atoms with E-state index in [1.165, 1.54) is 29.7 Å². The summed E-state index contributed by atoms with van der Waals surface area (Å²) in [4.78, 5) is 0. The van der Waals surface area contributed by atoms with Crippen LogP contribution in [0.1, 0.15) is 37.8 Å². The third-order valence-electron chi connectivity index (χ3n) is 2.83. The van der Waals surface area contributed by atoms with Crippen molar-refractivity contribution in [3.63, 3.8) is 0 Å². The molecular weight excluding hydrogens is 226 g/mol. The number of benzene rings is 1. The Balaban J connectivity index is 2.08. The molecule has 0 aliphatic heterocycles. The average molecular weight is 251 g/mol. The zero-order chi connectivity index (χ0) is 12.5. The van der Waals surface area contributed by atoms with Crippen molar-refractivity contribution in [2.45, 2.75) is 45.4 Å². The Morgan fingerprint density at radius 3 is 2.88 bits per heavy atom. The number of rotatable bonds is 8. The van der Waals surface area contributed by atoms with E-state index in [1.807, 2.05) is 11.8 Å². The molecule has 0 aliphatic rings. The fraction of sp³-hybridized carbons (Fsp3) is 0.600. The van der Waals surface area contributed by atoms with Gasteiger partial charge in [0.05, 0.1) is 0 Å². The lowest BCUT2D eigenvalue weighted by molar-refractivity contribution is 0.526. The molecule has 1 aromatic carbocycles. The van der Waals surface area contributed by atoms with E-state index < -0.39 is 0 Å². The van der Waals surface area contributed by atoms with E-state index in [0.29, 0.717) is 6.04 Å². The summed E-state index contributed by atoms with van der Waals surface area (Å²) in [7, 11) is 0. The third-order valence-corrected chi connectivity index (χ3v) is 3.94. The van der Waals surface area contributed by atoms with Crippen LogP contribution >= 0.6 is 11.8 Å². The van der Waals surface area contributed by atoms with Crippen LogP contribution in [0.2, 0.25) is 0 Å². The van der Waals surface area contributed by atoms with E-state index in [9.17, 15) is 0 Å². The van der Waals surface area contributed by atoms with Gasteiger partial charge in [0.1, 0.15) is 0 Å². The van der Waals surface area contributed by atoms with E-state index in [4.69, 9.17) is 0 Å². The highest BCUT2D eigenvalue weighted by molar-refractivity contribution is 7.98. The number of thioether (sulfide) groups is 1. The number of hydrogen-bond acceptors (Lipinski definition) is 2. The molecule has 0 heterocycles. The van der Waals surface area contributed by atoms with E-state index in [2.05, 4.69) is 50.4 Å². The van der Waals surface area contributed by atoms with Crippen LogP contribution in [-0.2, 0) is 5.75 Å². The van der Waals surface area contributed by atoms with Crippen molar-refractivity contribution in [1.29, 1.82) is 0 Å². The normalized spacial score (nSPS) is 12.6. The first-order chi connectivity index (χ1) is 8.22. The Kier molecular flexibility index (Phi) is 7.38. The van der Waals surface area contributed by atoms with E-state index in [-0.39, 0.29) is 0 Å². The van der Waals surface area contributed by atoms with Crippen molar-refractivity contribution in [1.82, 2.24) is 5.32 Å². The van der Waals surface area contributed by atoms with Gasteiger partial charge in [-0.25, -0.2) is 0 Å². The van der Waals surface area contributed by atoms with Crippen molar-refractivity contribution in [3.8, 4) is 0 Å². The molecule has 1 unspecified atom stereocenters. The molecule has 96 valence electrons. The van der Waals surface area contributed by atoms with Crippen molar-refractivity contribution >= 4 is 11.8 Å². The highest BCUT2D eigenvalue weighted by Gasteiger charge is 1.99. The molecule has 0 amide bonds. The summed E-state index contributed by atoms with van der Waals surface area (Å²) in [6.45, 7) is 7.68. The first kappa shape index (κ1) is 14.6. The maximum absolute atomic E-state index is 3.45. The maximum atomic E-state index is 3.45. The van der Waals surface area contributed by atoms with Gasteiger partial charge in [-0.3, -0.25) is 0 Å². The molecular formula is C15H25NS. The average Bonchev–Trinajstić information content (AvgIpc) is 2.29. The molecule has 0 saturated heterocycles. The monoisotopic (exact) mass is 251 g/mol. The summed E-state index contributed by atoms with van der Waals surface area (Å²) >= 11 is 2.05. The molecule has 0 fully saturated rings. The van der Waals surface area contributed by atoms with Gasteiger partial charge in [-0.2, -0.15) is 11.8 Å². The molecule has 1 N–H and O–H groups in total. The second-order valence-electron chi connectivity index (χ2n) is 4.64. The topological polar surface area (TPSA) is 12.0 Å². The largest absolute Gasteiger partial charge is 0.315 e. The van der Waals surface area contributed by atoms with Crippen LogP contribution in [0.25, 0.3) is 0 Å². The summed E-state index contributed by atoms with van der Waals surface area (Å²) in [6, 6.07) is 9.49. The molecule has 0 saturated carbocycles. The molecule has 1 rings (SSSR count). The van der Waals surface area contributed by atoms with Gasteiger partial charge < -0.3 is 5.32 Å². The van der Waals surface area contributed by atoms with Crippen LogP contribution < -0.4 is 5.32 Å². The molecule has 0 radical (unpaired) electrons. The number of hydrogen-bond donors (Lipinski definition) is 1. The molecule has 0 spiro atoms. The smallest absolute Gasteiger partial charge is 0.0184 e. The van der Waals surface area contributed by atoms with Gasteiger partial charge in [-0.05, 0) is 44.6 Å². The fourth-order valence-corrected chi connectivity index (χ4v) is 2.86. The zero-order valence-corrected chi connectivity index (χ0v) is 12.1. The second kappa shape index (κ2) is 8.60. The first-order valence-corrected chi connectivity index (χ1v) is 7.74. The standard InChI is InChI=1S/C15H25NS/c1-4-16-14(3)8-6-10-17-12-15-9-5-7-13(2)11-15/h5,7,9,11,14,16H,4,6,8,10,12H2,1-3H3. The van der Waals surface area contributed by atoms with Crippen LogP contribution in [0.3, 0.4) is 0 Å². The van der Waals surface area contributed by atoms with Crippen LogP contribution in [-0.4, -0.2) is 18.3 Å². The lowest BCUT2D eigenvalue weighted by atomic mass is 10.2. The van der Waals surface area contributed by atoms with Gasteiger partial charge in [0.15, 0.2) is 0 Å². The predicted molar refractivity (Wildman–Crippen MR) is 79.7 cm³/mol. The Bertz CT molecular complexity index is 312. The Morgan fingerprint density at radius 1 is 1.35 bits per heavy atom. The summed E-state index contributed by atoms with van der Waals surface area (Å²) < 4.78 is 0. The summed E-state index contributed by atoms with van der Waals surface area (Å²) in [5, 5.41) is 3.45. The quantitative estimate of drug-likeness (QED) is 0.701. The van der Waals surface area contributed by atoms with Crippen LogP contribution in [0.5, 0.6) is 0 Å². The summed E-state index contributed by atoms with van der Waals surface area (Å²) in [5.41, 5.74) is 2.82. The van der Waals surface area contributed by atoms with Crippen LogP contribution in [0.4, 0.5) is 0 Å². The highest BCUT2D eigenvalue weighted by Crippen LogP contribution is 2.15. The first-order valence-electron chi connectivity index (χ1n) is 6.59. The molecule has 2 heteroatoms. The van der Waals surface area contributed by atoms with E-state index in [1.54, 1.807) is 0 Å². The highest BCUT2D eigenvalue weighted by atomic mass is 32.2. The minimum atomic E-state index is 0.666. The van der Waals surface area contributed by atoms with Gasteiger partial charge in [0, 0.05) is 11.8 Å². The summed E-state index contributed by atoms with van der Waals surface area (Å²) in [5.74, 6) is 2.42. The molecule has 0 aliphatic carbocycles. The summed E-state index contributed by atoms with van der Waals surface area (Å²) in [6.07, 6.45) is 2.60. The lowest BCUT2D eigenvalue weighted by Gasteiger charge is -2.11. The second-order valence-corrected chi connectivity index (χ2v) is 5.75. The maximum Gasteiger partial charge on any atom is 0.0184 e.